The monoisotopic (exact) mass is 292 g/mol. The van der Waals surface area contributed by atoms with Crippen LogP contribution in [0.15, 0.2) is 6.07 Å². The van der Waals surface area contributed by atoms with Gasteiger partial charge in [-0.05, 0) is 52.0 Å². The van der Waals surface area contributed by atoms with E-state index < -0.39 is 0 Å². The van der Waals surface area contributed by atoms with Gasteiger partial charge in [-0.15, -0.1) is 0 Å². The lowest BCUT2D eigenvalue weighted by Gasteiger charge is -2.36. The molecule has 21 heavy (non-hydrogen) atoms. The van der Waals surface area contributed by atoms with E-state index in [9.17, 15) is 4.79 Å². The highest BCUT2D eigenvalue weighted by Gasteiger charge is 2.29. The van der Waals surface area contributed by atoms with E-state index in [0.717, 1.165) is 56.6 Å². The van der Waals surface area contributed by atoms with Crippen molar-refractivity contribution in [2.75, 3.05) is 6.54 Å². The molecule has 1 amide bonds. The third-order valence-electron chi connectivity index (χ3n) is 4.33. The molecule has 0 unspecified atom stereocenters. The Balaban J connectivity index is 2.18. The number of carbonyl (C=O) groups excluding carboxylic acids is 1. The summed E-state index contributed by atoms with van der Waals surface area (Å²) in [5, 5.41) is 4.40. The van der Waals surface area contributed by atoms with Gasteiger partial charge in [0.25, 0.3) is 5.91 Å². The summed E-state index contributed by atoms with van der Waals surface area (Å²) in [6.45, 7) is 7.62. The highest BCUT2D eigenvalue weighted by molar-refractivity contribution is 5.93. The Morgan fingerprint density at radius 3 is 2.62 bits per heavy atom. The molecule has 118 valence electrons. The van der Waals surface area contributed by atoms with E-state index in [4.69, 9.17) is 5.73 Å². The summed E-state index contributed by atoms with van der Waals surface area (Å²) in [6.07, 6.45) is 5.06. The fourth-order valence-corrected chi connectivity index (χ4v) is 3.21. The first-order valence-corrected chi connectivity index (χ1v) is 8.17. The van der Waals surface area contributed by atoms with Crippen molar-refractivity contribution in [2.24, 2.45) is 5.73 Å². The van der Waals surface area contributed by atoms with Crippen LogP contribution in [0, 0.1) is 6.92 Å². The number of carbonyl (C=O) groups is 1. The summed E-state index contributed by atoms with van der Waals surface area (Å²) in [5.74, 6) is 0.125. The molecule has 1 aromatic rings. The van der Waals surface area contributed by atoms with E-state index in [1.807, 2.05) is 24.6 Å². The van der Waals surface area contributed by atoms with Crippen LogP contribution in [0.3, 0.4) is 0 Å². The van der Waals surface area contributed by atoms with Crippen LogP contribution < -0.4 is 5.73 Å². The van der Waals surface area contributed by atoms with Crippen LogP contribution in [0.5, 0.6) is 0 Å². The van der Waals surface area contributed by atoms with Gasteiger partial charge in [0, 0.05) is 25.2 Å². The van der Waals surface area contributed by atoms with Gasteiger partial charge in [-0.1, -0.05) is 6.92 Å². The van der Waals surface area contributed by atoms with E-state index in [-0.39, 0.29) is 5.91 Å². The zero-order chi connectivity index (χ0) is 15.4. The lowest BCUT2D eigenvalue weighted by molar-refractivity contribution is 0.0614. The van der Waals surface area contributed by atoms with Crippen molar-refractivity contribution >= 4 is 5.91 Å². The van der Waals surface area contributed by atoms with Crippen molar-refractivity contribution in [2.45, 2.75) is 71.5 Å². The van der Waals surface area contributed by atoms with Gasteiger partial charge in [0.2, 0.25) is 0 Å². The molecule has 0 saturated heterocycles. The van der Waals surface area contributed by atoms with Gasteiger partial charge in [0.15, 0.2) is 0 Å². The minimum Gasteiger partial charge on any atom is -0.334 e. The molecule has 1 aromatic heterocycles. The number of hydrogen-bond donors (Lipinski definition) is 1. The average Bonchev–Trinajstić information content (AvgIpc) is 2.86. The van der Waals surface area contributed by atoms with Gasteiger partial charge in [-0.2, -0.15) is 5.10 Å². The smallest absolute Gasteiger partial charge is 0.272 e. The van der Waals surface area contributed by atoms with Crippen molar-refractivity contribution in [1.29, 1.82) is 0 Å². The first kappa shape index (κ1) is 16.0. The van der Waals surface area contributed by atoms with Crippen LogP contribution in [-0.2, 0) is 6.54 Å². The molecule has 1 heterocycles. The lowest BCUT2D eigenvalue weighted by atomic mass is 9.90. The minimum absolute atomic E-state index is 0.125. The number of hydrogen-bond acceptors (Lipinski definition) is 3. The topological polar surface area (TPSA) is 64.2 Å². The molecule has 0 aromatic carbocycles. The largest absolute Gasteiger partial charge is 0.334 e. The van der Waals surface area contributed by atoms with Crippen LogP contribution in [0.4, 0.5) is 0 Å². The Morgan fingerprint density at radius 1 is 1.38 bits per heavy atom. The van der Waals surface area contributed by atoms with Crippen LogP contribution in [0.25, 0.3) is 0 Å². The molecule has 1 fully saturated rings. The minimum atomic E-state index is 0.125. The molecule has 1 saturated carbocycles. The van der Waals surface area contributed by atoms with Gasteiger partial charge >= 0.3 is 0 Å². The fourth-order valence-electron chi connectivity index (χ4n) is 3.21. The second kappa shape index (κ2) is 7.07. The predicted octanol–water partition coefficient (Wildman–Crippen LogP) is 2.33. The zero-order valence-electron chi connectivity index (χ0n) is 13.5. The molecule has 1 aliphatic rings. The summed E-state index contributed by atoms with van der Waals surface area (Å²) >= 11 is 0. The van der Waals surface area contributed by atoms with Gasteiger partial charge in [0.1, 0.15) is 5.69 Å². The molecule has 0 aliphatic heterocycles. The van der Waals surface area contributed by atoms with Crippen molar-refractivity contribution in [1.82, 2.24) is 14.7 Å². The van der Waals surface area contributed by atoms with E-state index in [1.165, 1.54) is 0 Å². The van der Waals surface area contributed by atoms with Crippen LogP contribution in [-0.4, -0.2) is 39.2 Å². The molecule has 0 radical (unpaired) electrons. The second-order valence-corrected chi connectivity index (χ2v) is 6.05. The van der Waals surface area contributed by atoms with Crippen molar-refractivity contribution in [3.63, 3.8) is 0 Å². The third kappa shape index (κ3) is 3.64. The number of aryl methyl sites for hydroxylation is 2. The van der Waals surface area contributed by atoms with E-state index in [2.05, 4.69) is 16.9 Å². The number of rotatable bonds is 5. The number of aromatic nitrogens is 2. The first-order valence-electron chi connectivity index (χ1n) is 8.17. The molecule has 5 nitrogen and oxygen atoms in total. The molecule has 2 rings (SSSR count). The molecule has 2 N–H and O–H groups in total. The SMILES string of the molecule is CCCN(C(=O)c1cc(C)nn1CC)C1CCC(N)CC1. The van der Waals surface area contributed by atoms with Crippen molar-refractivity contribution < 1.29 is 4.79 Å². The van der Waals surface area contributed by atoms with Crippen LogP contribution in [0.1, 0.15) is 62.1 Å². The molecule has 0 spiro atoms. The maximum Gasteiger partial charge on any atom is 0.272 e. The van der Waals surface area contributed by atoms with Gasteiger partial charge < -0.3 is 10.6 Å². The molecule has 5 heteroatoms. The van der Waals surface area contributed by atoms with E-state index in [0.29, 0.717) is 12.1 Å². The normalized spacial score (nSPS) is 22.3. The molecule has 1 aliphatic carbocycles. The highest BCUT2D eigenvalue weighted by atomic mass is 16.2. The average molecular weight is 292 g/mol. The number of nitrogens with two attached hydrogens (primary N) is 1. The number of nitrogens with zero attached hydrogens (tertiary/aromatic N) is 3. The maximum atomic E-state index is 12.9. The first-order chi connectivity index (χ1) is 10.1. The summed E-state index contributed by atoms with van der Waals surface area (Å²) in [5.41, 5.74) is 7.62. The van der Waals surface area contributed by atoms with Crippen LogP contribution >= 0.6 is 0 Å². The Hall–Kier alpha value is -1.36. The second-order valence-electron chi connectivity index (χ2n) is 6.05. The van der Waals surface area contributed by atoms with Crippen LogP contribution in [0.2, 0.25) is 0 Å². The zero-order valence-corrected chi connectivity index (χ0v) is 13.5. The summed E-state index contributed by atoms with van der Waals surface area (Å²) < 4.78 is 1.81. The summed E-state index contributed by atoms with van der Waals surface area (Å²) in [6, 6.07) is 2.55. The van der Waals surface area contributed by atoms with Gasteiger partial charge in [0.05, 0.1) is 5.69 Å². The Bertz CT molecular complexity index is 475. The van der Waals surface area contributed by atoms with Crippen molar-refractivity contribution in [3.05, 3.63) is 17.5 Å². The maximum absolute atomic E-state index is 12.9. The quantitative estimate of drug-likeness (QED) is 0.906. The molecular formula is C16H28N4O. The third-order valence-corrected chi connectivity index (χ3v) is 4.33. The van der Waals surface area contributed by atoms with E-state index >= 15 is 0 Å². The lowest BCUT2D eigenvalue weighted by Crippen LogP contribution is -2.45. The molecular weight excluding hydrogens is 264 g/mol. The molecule has 0 atom stereocenters. The Kier molecular flexibility index (Phi) is 5.39. The summed E-state index contributed by atoms with van der Waals surface area (Å²) in [7, 11) is 0. The van der Waals surface area contributed by atoms with Crippen molar-refractivity contribution in [3.8, 4) is 0 Å². The fraction of sp³-hybridized carbons (Fsp3) is 0.750. The standard InChI is InChI=1S/C16H28N4O/c1-4-10-19(14-8-6-13(17)7-9-14)16(21)15-11-12(3)18-20(15)5-2/h11,13-14H,4-10,17H2,1-3H3. The number of amides is 1. The predicted molar refractivity (Wildman–Crippen MR) is 84.2 cm³/mol. The summed E-state index contributed by atoms with van der Waals surface area (Å²) in [4.78, 5) is 15.0. The Morgan fingerprint density at radius 2 is 2.05 bits per heavy atom. The highest BCUT2D eigenvalue weighted by Crippen LogP contribution is 2.24. The Labute approximate surface area is 127 Å². The van der Waals surface area contributed by atoms with E-state index in [1.54, 1.807) is 0 Å². The van der Waals surface area contributed by atoms with Gasteiger partial charge in [-0.3, -0.25) is 9.48 Å². The molecule has 0 bridgehead atoms. The van der Waals surface area contributed by atoms with Gasteiger partial charge in [-0.25, -0.2) is 0 Å².